The summed E-state index contributed by atoms with van der Waals surface area (Å²) in [5.41, 5.74) is 4.67. The molecule has 1 aromatic heterocycles. The topological polar surface area (TPSA) is 163 Å². The predicted octanol–water partition coefficient (Wildman–Crippen LogP) is -0.765. The van der Waals surface area contributed by atoms with Crippen LogP contribution in [0.15, 0.2) is 29.9 Å². The third kappa shape index (κ3) is 5.62. The van der Waals surface area contributed by atoms with Crippen LogP contribution in [0, 0.1) is 0 Å². The number of nitrogens with zero attached hydrogens (tertiary/aromatic N) is 2. The molecule has 0 amide bonds. The van der Waals surface area contributed by atoms with Crippen LogP contribution in [0.4, 0.5) is 5.82 Å². The standard InChI is InChI=1S/C17H23N3O8/c1-2-26-12(21)5-3-4-6-13(22)27-9-10-14(23)15(24)16(28-10)20-8-7-11(18)19-17(20)25/h2,7-8,10,14-16,23-24H,1,3-6,9H2,(H2,18,19,25)/t10-,14-,15-,16-/m1/s1. The van der Waals surface area contributed by atoms with Gasteiger partial charge in [0.05, 0.1) is 6.26 Å². The molecule has 2 heterocycles. The number of nitrogen functional groups attached to an aromatic ring is 1. The van der Waals surface area contributed by atoms with Gasteiger partial charge in [0.15, 0.2) is 6.23 Å². The molecule has 2 rings (SSSR count). The maximum absolute atomic E-state index is 11.9. The van der Waals surface area contributed by atoms with Gasteiger partial charge in [-0.2, -0.15) is 4.98 Å². The van der Waals surface area contributed by atoms with Gasteiger partial charge >= 0.3 is 17.6 Å². The van der Waals surface area contributed by atoms with Crippen LogP contribution in [0.25, 0.3) is 0 Å². The summed E-state index contributed by atoms with van der Waals surface area (Å²) >= 11 is 0. The lowest BCUT2D eigenvalue weighted by atomic mass is 10.1. The Morgan fingerprint density at radius 2 is 1.96 bits per heavy atom. The van der Waals surface area contributed by atoms with Crippen molar-refractivity contribution in [1.82, 2.24) is 9.55 Å². The second-order valence-electron chi connectivity index (χ2n) is 6.14. The zero-order valence-electron chi connectivity index (χ0n) is 15.1. The Hall–Kier alpha value is -2.76. The molecule has 11 heteroatoms. The lowest BCUT2D eigenvalue weighted by molar-refractivity contribution is -0.150. The molecule has 1 aliphatic heterocycles. The first-order valence-electron chi connectivity index (χ1n) is 8.65. The van der Waals surface area contributed by atoms with Crippen LogP contribution in [-0.4, -0.2) is 56.6 Å². The third-order valence-electron chi connectivity index (χ3n) is 4.10. The molecule has 0 radical (unpaired) electrons. The highest BCUT2D eigenvalue weighted by molar-refractivity contribution is 5.70. The van der Waals surface area contributed by atoms with Crippen molar-refractivity contribution < 1.29 is 34.0 Å². The molecular weight excluding hydrogens is 374 g/mol. The van der Waals surface area contributed by atoms with Crippen LogP contribution in [0.2, 0.25) is 0 Å². The maximum atomic E-state index is 11.9. The first kappa shape index (κ1) is 21.5. The van der Waals surface area contributed by atoms with Gasteiger partial charge in [-0.3, -0.25) is 14.2 Å². The van der Waals surface area contributed by atoms with Gasteiger partial charge in [0.2, 0.25) is 0 Å². The molecule has 0 aliphatic carbocycles. The highest BCUT2D eigenvalue weighted by Gasteiger charge is 2.44. The number of hydrogen-bond acceptors (Lipinski definition) is 10. The van der Waals surface area contributed by atoms with Crippen LogP contribution in [-0.2, 0) is 23.8 Å². The van der Waals surface area contributed by atoms with E-state index in [0.717, 1.165) is 10.8 Å². The minimum atomic E-state index is -1.41. The Morgan fingerprint density at radius 3 is 2.61 bits per heavy atom. The number of rotatable bonds is 9. The largest absolute Gasteiger partial charge is 0.463 e. The number of nitrogens with two attached hydrogens (primary N) is 1. The second kappa shape index (κ2) is 9.97. The van der Waals surface area contributed by atoms with Crippen molar-refractivity contribution >= 4 is 17.8 Å². The number of aromatic nitrogens is 2. The summed E-state index contributed by atoms with van der Waals surface area (Å²) in [4.78, 5) is 38.3. The van der Waals surface area contributed by atoms with Crippen LogP contribution in [0.3, 0.4) is 0 Å². The zero-order valence-corrected chi connectivity index (χ0v) is 15.1. The Bertz CT molecular complexity index is 765. The van der Waals surface area contributed by atoms with Gasteiger partial charge in [0, 0.05) is 19.0 Å². The van der Waals surface area contributed by atoms with Gasteiger partial charge in [-0.25, -0.2) is 4.79 Å². The molecule has 1 aromatic rings. The van der Waals surface area contributed by atoms with Crippen molar-refractivity contribution in [3.05, 3.63) is 35.6 Å². The van der Waals surface area contributed by atoms with Crippen molar-refractivity contribution in [2.75, 3.05) is 12.3 Å². The van der Waals surface area contributed by atoms with Crippen molar-refractivity contribution in [3.63, 3.8) is 0 Å². The Balaban J connectivity index is 1.79. The third-order valence-corrected chi connectivity index (χ3v) is 4.10. The molecule has 11 nitrogen and oxygen atoms in total. The summed E-state index contributed by atoms with van der Waals surface area (Å²) in [7, 11) is 0. The summed E-state index contributed by atoms with van der Waals surface area (Å²) < 4.78 is 16.1. The molecule has 4 atom stereocenters. The quantitative estimate of drug-likeness (QED) is 0.274. The van der Waals surface area contributed by atoms with E-state index in [4.69, 9.17) is 15.2 Å². The number of carbonyl (C=O) groups is 2. The minimum absolute atomic E-state index is 0.0116. The fourth-order valence-corrected chi connectivity index (χ4v) is 2.65. The highest BCUT2D eigenvalue weighted by Crippen LogP contribution is 2.28. The first-order chi connectivity index (χ1) is 13.3. The van der Waals surface area contributed by atoms with Crippen molar-refractivity contribution in [1.29, 1.82) is 0 Å². The maximum Gasteiger partial charge on any atom is 0.351 e. The molecule has 28 heavy (non-hydrogen) atoms. The molecule has 1 saturated heterocycles. The molecule has 0 saturated carbocycles. The molecule has 0 unspecified atom stereocenters. The van der Waals surface area contributed by atoms with E-state index in [1.807, 2.05) is 0 Å². The number of ether oxygens (including phenoxy) is 3. The molecule has 4 N–H and O–H groups in total. The molecular formula is C17H23N3O8. The number of aliphatic hydroxyl groups excluding tert-OH is 2. The minimum Gasteiger partial charge on any atom is -0.463 e. The number of anilines is 1. The fraction of sp³-hybridized carbons (Fsp3) is 0.529. The SMILES string of the molecule is C=COC(=O)CCCCC(=O)OC[C@H]1O[C@@H](n2ccc(N)nc2=O)[C@H](O)[C@@H]1O. The van der Waals surface area contributed by atoms with Crippen molar-refractivity contribution in [2.24, 2.45) is 0 Å². The van der Waals surface area contributed by atoms with Crippen LogP contribution in [0.5, 0.6) is 0 Å². The predicted molar refractivity (Wildman–Crippen MR) is 94.5 cm³/mol. The van der Waals surface area contributed by atoms with Gasteiger partial charge in [-0.15, -0.1) is 0 Å². The zero-order chi connectivity index (χ0) is 20.7. The van der Waals surface area contributed by atoms with E-state index in [-0.39, 0.29) is 25.3 Å². The van der Waals surface area contributed by atoms with Crippen molar-refractivity contribution in [3.8, 4) is 0 Å². The molecule has 0 spiro atoms. The van der Waals surface area contributed by atoms with E-state index in [9.17, 15) is 24.6 Å². The monoisotopic (exact) mass is 397 g/mol. The van der Waals surface area contributed by atoms with Gasteiger partial charge in [-0.1, -0.05) is 6.58 Å². The van der Waals surface area contributed by atoms with Gasteiger partial charge in [0.25, 0.3) is 0 Å². The number of aliphatic hydroxyl groups is 2. The summed E-state index contributed by atoms with van der Waals surface area (Å²) in [6.45, 7) is 2.97. The first-order valence-corrected chi connectivity index (χ1v) is 8.65. The Morgan fingerprint density at radius 1 is 1.29 bits per heavy atom. The molecule has 0 aromatic carbocycles. The average molecular weight is 397 g/mol. The van der Waals surface area contributed by atoms with E-state index >= 15 is 0 Å². The van der Waals surface area contributed by atoms with E-state index < -0.39 is 42.2 Å². The fourth-order valence-electron chi connectivity index (χ4n) is 2.65. The van der Waals surface area contributed by atoms with E-state index in [1.165, 1.54) is 12.3 Å². The van der Waals surface area contributed by atoms with E-state index in [2.05, 4.69) is 16.3 Å². The van der Waals surface area contributed by atoms with Crippen LogP contribution in [0.1, 0.15) is 31.9 Å². The number of hydrogen-bond donors (Lipinski definition) is 3. The number of carbonyl (C=O) groups excluding carboxylic acids is 2. The van der Waals surface area contributed by atoms with E-state index in [1.54, 1.807) is 0 Å². The smallest absolute Gasteiger partial charge is 0.351 e. The van der Waals surface area contributed by atoms with Crippen LogP contribution < -0.4 is 11.4 Å². The second-order valence-corrected chi connectivity index (χ2v) is 6.14. The molecule has 0 bridgehead atoms. The average Bonchev–Trinajstić information content (AvgIpc) is 2.92. The normalized spacial score (nSPS) is 23.9. The lowest BCUT2D eigenvalue weighted by Crippen LogP contribution is -2.36. The van der Waals surface area contributed by atoms with Gasteiger partial charge in [-0.05, 0) is 18.9 Å². The number of unbranched alkanes of at least 4 members (excludes halogenated alkanes) is 1. The Labute approximate surface area is 160 Å². The molecule has 1 aliphatic rings. The summed E-state index contributed by atoms with van der Waals surface area (Å²) in [5, 5.41) is 20.2. The summed E-state index contributed by atoms with van der Waals surface area (Å²) in [6, 6.07) is 1.35. The molecule has 154 valence electrons. The highest BCUT2D eigenvalue weighted by atomic mass is 16.6. The molecule has 1 fully saturated rings. The van der Waals surface area contributed by atoms with Gasteiger partial charge in [0.1, 0.15) is 30.7 Å². The van der Waals surface area contributed by atoms with Crippen molar-refractivity contribution in [2.45, 2.75) is 50.2 Å². The summed E-state index contributed by atoms with van der Waals surface area (Å²) in [6.07, 6.45) is -1.57. The summed E-state index contributed by atoms with van der Waals surface area (Å²) in [5.74, 6) is -0.965. The Kier molecular flexibility index (Phi) is 7.67. The van der Waals surface area contributed by atoms with Gasteiger partial charge < -0.3 is 30.2 Å². The number of esters is 2. The van der Waals surface area contributed by atoms with E-state index in [0.29, 0.717) is 12.8 Å². The van der Waals surface area contributed by atoms with Crippen LogP contribution >= 0.6 is 0 Å². The lowest BCUT2D eigenvalue weighted by Gasteiger charge is -2.16.